The third-order valence-electron chi connectivity index (χ3n) is 3.69. The van der Waals surface area contributed by atoms with Crippen molar-refractivity contribution >= 4 is 29.2 Å². The van der Waals surface area contributed by atoms with Gasteiger partial charge in [-0.25, -0.2) is 0 Å². The Morgan fingerprint density at radius 3 is 2.78 bits per heavy atom. The maximum absolute atomic E-state index is 12.0. The SMILES string of the molecule is CC(CCNC(=O)c1ccc(Cl)cc1)CN=C(NC#N)Nc1cccnc1. The van der Waals surface area contributed by atoms with Crippen LogP contribution in [0.4, 0.5) is 5.69 Å². The van der Waals surface area contributed by atoms with Crippen LogP contribution in [-0.4, -0.2) is 29.9 Å². The Morgan fingerprint density at radius 1 is 1.33 bits per heavy atom. The summed E-state index contributed by atoms with van der Waals surface area (Å²) < 4.78 is 0. The van der Waals surface area contributed by atoms with Crippen molar-refractivity contribution in [2.45, 2.75) is 13.3 Å². The number of aliphatic imine (C=N–C) groups is 1. The maximum Gasteiger partial charge on any atom is 0.251 e. The molecule has 1 unspecified atom stereocenters. The number of carbonyl (C=O) groups excluding carboxylic acids is 1. The number of hydrogen-bond donors (Lipinski definition) is 3. The maximum atomic E-state index is 12.0. The molecule has 0 fully saturated rings. The Bertz CT molecular complexity index is 801. The number of guanidine groups is 1. The molecule has 1 atom stereocenters. The normalized spacial score (nSPS) is 12.0. The van der Waals surface area contributed by atoms with Gasteiger partial charge >= 0.3 is 0 Å². The van der Waals surface area contributed by atoms with Gasteiger partial charge in [-0.15, -0.1) is 0 Å². The Balaban J connectivity index is 1.78. The minimum Gasteiger partial charge on any atom is -0.352 e. The minimum atomic E-state index is -0.132. The van der Waals surface area contributed by atoms with Crippen molar-refractivity contribution in [3.63, 3.8) is 0 Å². The number of amides is 1. The molecular weight excluding hydrogens is 364 g/mol. The zero-order chi connectivity index (χ0) is 19.5. The molecule has 0 bridgehead atoms. The number of nitrogens with zero attached hydrogens (tertiary/aromatic N) is 3. The highest BCUT2D eigenvalue weighted by Gasteiger charge is 2.07. The van der Waals surface area contributed by atoms with Crippen molar-refractivity contribution in [3.8, 4) is 6.19 Å². The fraction of sp³-hybridized carbons (Fsp3) is 0.263. The molecule has 2 aromatic rings. The topological polar surface area (TPSA) is 102 Å². The van der Waals surface area contributed by atoms with E-state index in [0.29, 0.717) is 29.6 Å². The molecular formula is C19H21ClN6O. The summed E-state index contributed by atoms with van der Waals surface area (Å²) in [4.78, 5) is 20.4. The number of aromatic nitrogens is 1. The van der Waals surface area contributed by atoms with Gasteiger partial charge in [-0.3, -0.25) is 20.1 Å². The number of nitrogens with one attached hydrogen (secondary N) is 3. The summed E-state index contributed by atoms with van der Waals surface area (Å²) in [5.41, 5.74) is 1.31. The number of benzene rings is 1. The number of hydrogen-bond acceptors (Lipinski definition) is 4. The lowest BCUT2D eigenvalue weighted by Gasteiger charge is -2.12. The predicted octanol–water partition coefficient (Wildman–Crippen LogP) is 3.03. The highest BCUT2D eigenvalue weighted by molar-refractivity contribution is 6.30. The van der Waals surface area contributed by atoms with Gasteiger partial charge < -0.3 is 10.6 Å². The van der Waals surface area contributed by atoms with Crippen LogP contribution in [0.3, 0.4) is 0 Å². The van der Waals surface area contributed by atoms with Crippen molar-refractivity contribution in [2.24, 2.45) is 10.9 Å². The van der Waals surface area contributed by atoms with Crippen LogP contribution in [0.2, 0.25) is 5.02 Å². The molecule has 1 heterocycles. The highest BCUT2D eigenvalue weighted by Crippen LogP contribution is 2.09. The van der Waals surface area contributed by atoms with E-state index in [1.54, 1.807) is 42.7 Å². The van der Waals surface area contributed by atoms with Gasteiger partial charge in [-0.2, -0.15) is 5.26 Å². The predicted molar refractivity (Wildman–Crippen MR) is 106 cm³/mol. The molecule has 2 rings (SSSR count). The number of pyridine rings is 1. The van der Waals surface area contributed by atoms with Crippen LogP contribution in [0.1, 0.15) is 23.7 Å². The van der Waals surface area contributed by atoms with Gasteiger partial charge in [0.05, 0.1) is 11.9 Å². The molecule has 1 amide bonds. The van der Waals surface area contributed by atoms with E-state index < -0.39 is 0 Å². The number of halogens is 1. The van der Waals surface area contributed by atoms with Gasteiger partial charge in [0.25, 0.3) is 5.91 Å². The molecule has 27 heavy (non-hydrogen) atoms. The molecule has 1 aromatic carbocycles. The number of anilines is 1. The smallest absolute Gasteiger partial charge is 0.251 e. The van der Waals surface area contributed by atoms with Crippen LogP contribution >= 0.6 is 11.6 Å². The van der Waals surface area contributed by atoms with E-state index >= 15 is 0 Å². The molecule has 0 spiro atoms. The van der Waals surface area contributed by atoms with Crippen LogP contribution in [0.25, 0.3) is 0 Å². The fourth-order valence-electron chi connectivity index (χ4n) is 2.21. The molecule has 0 radical (unpaired) electrons. The second kappa shape index (κ2) is 10.8. The van der Waals surface area contributed by atoms with E-state index in [0.717, 1.165) is 12.1 Å². The molecule has 7 nitrogen and oxygen atoms in total. The summed E-state index contributed by atoms with van der Waals surface area (Å²) in [6, 6.07) is 10.4. The van der Waals surface area contributed by atoms with E-state index in [4.69, 9.17) is 16.9 Å². The van der Waals surface area contributed by atoms with E-state index in [1.165, 1.54) is 0 Å². The summed E-state index contributed by atoms with van der Waals surface area (Å²) in [6.45, 7) is 3.08. The van der Waals surface area contributed by atoms with Crippen LogP contribution in [0, 0.1) is 17.4 Å². The molecule has 3 N–H and O–H groups in total. The summed E-state index contributed by atoms with van der Waals surface area (Å²) in [5, 5.41) is 17.9. The van der Waals surface area contributed by atoms with Gasteiger partial charge in [0.1, 0.15) is 0 Å². The van der Waals surface area contributed by atoms with E-state index in [-0.39, 0.29) is 11.8 Å². The Kier molecular flexibility index (Phi) is 8.07. The molecule has 0 aliphatic heterocycles. The Hall–Kier alpha value is -3.11. The van der Waals surface area contributed by atoms with Crippen molar-refractivity contribution < 1.29 is 4.79 Å². The van der Waals surface area contributed by atoms with Crippen molar-refractivity contribution in [1.29, 1.82) is 5.26 Å². The molecule has 0 saturated heterocycles. The lowest BCUT2D eigenvalue weighted by atomic mass is 10.1. The van der Waals surface area contributed by atoms with Gasteiger partial charge in [0.15, 0.2) is 6.19 Å². The summed E-state index contributed by atoms with van der Waals surface area (Å²) >= 11 is 5.82. The average molecular weight is 385 g/mol. The standard InChI is InChI=1S/C19H21ClN6O/c1-14(8-10-23-18(27)15-4-6-16(20)7-5-15)11-24-19(25-13-21)26-17-3-2-9-22-12-17/h2-7,9,12,14H,8,10-11H2,1H3,(H,23,27)(H2,24,25,26). The van der Waals surface area contributed by atoms with Gasteiger partial charge in [0, 0.05) is 29.9 Å². The van der Waals surface area contributed by atoms with Gasteiger partial charge in [0.2, 0.25) is 5.96 Å². The van der Waals surface area contributed by atoms with E-state index in [1.807, 2.05) is 19.2 Å². The molecule has 8 heteroatoms. The number of rotatable bonds is 7. The first-order chi connectivity index (χ1) is 13.1. The third kappa shape index (κ3) is 7.34. The fourth-order valence-corrected chi connectivity index (χ4v) is 2.34. The average Bonchev–Trinajstić information content (AvgIpc) is 2.67. The molecule has 0 saturated carbocycles. The first-order valence-electron chi connectivity index (χ1n) is 8.49. The molecule has 140 valence electrons. The quantitative estimate of drug-likeness (QED) is 0.295. The van der Waals surface area contributed by atoms with Crippen molar-refractivity contribution in [2.75, 3.05) is 18.4 Å². The summed E-state index contributed by atoms with van der Waals surface area (Å²) in [5.74, 6) is 0.455. The lowest BCUT2D eigenvalue weighted by molar-refractivity contribution is 0.0952. The number of carbonyl (C=O) groups is 1. The van der Waals surface area contributed by atoms with Crippen molar-refractivity contribution in [3.05, 3.63) is 59.4 Å². The Morgan fingerprint density at radius 2 is 2.11 bits per heavy atom. The van der Waals surface area contributed by atoms with E-state index in [9.17, 15) is 4.79 Å². The minimum absolute atomic E-state index is 0.132. The monoisotopic (exact) mass is 384 g/mol. The first kappa shape index (κ1) is 20.2. The summed E-state index contributed by atoms with van der Waals surface area (Å²) in [7, 11) is 0. The third-order valence-corrected chi connectivity index (χ3v) is 3.94. The zero-order valence-corrected chi connectivity index (χ0v) is 15.7. The summed E-state index contributed by atoms with van der Waals surface area (Å²) in [6.07, 6.45) is 5.93. The second-order valence-corrected chi connectivity index (χ2v) is 6.39. The highest BCUT2D eigenvalue weighted by atomic mass is 35.5. The number of nitriles is 1. The van der Waals surface area contributed by atoms with Crippen LogP contribution in [-0.2, 0) is 0 Å². The molecule has 0 aliphatic carbocycles. The zero-order valence-electron chi connectivity index (χ0n) is 14.9. The van der Waals surface area contributed by atoms with Gasteiger partial charge in [-0.1, -0.05) is 18.5 Å². The first-order valence-corrected chi connectivity index (χ1v) is 8.86. The molecule has 1 aromatic heterocycles. The van der Waals surface area contributed by atoms with Crippen LogP contribution in [0.15, 0.2) is 53.8 Å². The van der Waals surface area contributed by atoms with Crippen LogP contribution in [0.5, 0.6) is 0 Å². The molecule has 0 aliphatic rings. The largest absolute Gasteiger partial charge is 0.352 e. The van der Waals surface area contributed by atoms with Crippen molar-refractivity contribution in [1.82, 2.24) is 15.6 Å². The van der Waals surface area contributed by atoms with E-state index in [2.05, 4.69) is 25.9 Å². The van der Waals surface area contributed by atoms with Gasteiger partial charge in [-0.05, 0) is 48.7 Å². The van der Waals surface area contributed by atoms with Crippen LogP contribution < -0.4 is 16.0 Å². The lowest BCUT2D eigenvalue weighted by Crippen LogP contribution is -2.28. The second-order valence-electron chi connectivity index (χ2n) is 5.95. The Labute approximate surface area is 163 Å².